The topological polar surface area (TPSA) is 54.0 Å². The molecule has 1 aliphatic carbocycles. The molecule has 0 saturated carbocycles. The third kappa shape index (κ3) is 2.29. The van der Waals surface area contributed by atoms with Gasteiger partial charge in [0.2, 0.25) is 5.88 Å². The van der Waals surface area contributed by atoms with Gasteiger partial charge in [0, 0.05) is 30.3 Å². The van der Waals surface area contributed by atoms with Crippen LogP contribution in [0.5, 0.6) is 5.88 Å². The van der Waals surface area contributed by atoms with Crippen molar-refractivity contribution in [2.45, 2.75) is 37.6 Å². The van der Waals surface area contributed by atoms with E-state index in [4.69, 9.17) is 4.74 Å². The van der Waals surface area contributed by atoms with Gasteiger partial charge in [-0.15, -0.1) is 0 Å². The lowest BCUT2D eigenvalue weighted by Gasteiger charge is -2.40. The van der Waals surface area contributed by atoms with Crippen LogP contribution in [0.15, 0.2) is 24.4 Å². The molecule has 2 aliphatic rings. The van der Waals surface area contributed by atoms with Crippen LogP contribution in [0.2, 0.25) is 0 Å². The molecule has 1 fully saturated rings. The number of hydrogen-bond donors (Lipinski definition) is 1. The molecule has 5 nitrogen and oxygen atoms in total. The van der Waals surface area contributed by atoms with Gasteiger partial charge in [0.25, 0.3) is 0 Å². The molecule has 5 heteroatoms. The Kier molecular flexibility index (Phi) is 3.37. The summed E-state index contributed by atoms with van der Waals surface area (Å²) in [5.41, 5.74) is 4.17. The molecular formula is C17H22N4O. The zero-order chi connectivity index (χ0) is 15.0. The van der Waals surface area contributed by atoms with Crippen LogP contribution in [-0.4, -0.2) is 40.3 Å². The van der Waals surface area contributed by atoms with Gasteiger partial charge in [-0.1, -0.05) is 6.07 Å². The van der Waals surface area contributed by atoms with Crippen molar-refractivity contribution in [3.8, 4) is 5.88 Å². The Labute approximate surface area is 130 Å². The summed E-state index contributed by atoms with van der Waals surface area (Å²) in [6.45, 7) is 3.13. The molecule has 2 aromatic rings. The second kappa shape index (κ2) is 5.39. The van der Waals surface area contributed by atoms with E-state index in [0.29, 0.717) is 5.88 Å². The lowest BCUT2D eigenvalue weighted by molar-refractivity contribution is 0.135. The van der Waals surface area contributed by atoms with E-state index >= 15 is 0 Å². The molecule has 1 N–H and O–H groups in total. The van der Waals surface area contributed by atoms with Crippen molar-refractivity contribution in [3.63, 3.8) is 0 Å². The summed E-state index contributed by atoms with van der Waals surface area (Å²) in [7, 11) is 1.67. The van der Waals surface area contributed by atoms with Crippen LogP contribution in [0.4, 0.5) is 0 Å². The average molecular weight is 298 g/mol. The molecule has 1 unspecified atom stereocenters. The maximum atomic E-state index is 5.23. The lowest BCUT2D eigenvalue weighted by Crippen LogP contribution is -2.44. The van der Waals surface area contributed by atoms with E-state index in [2.05, 4.69) is 26.1 Å². The lowest BCUT2D eigenvalue weighted by atomic mass is 9.77. The number of piperidine rings is 1. The molecule has 2 aromatic heterocycles. The molecule has 1 spiro atoms. The minimum absolute atomic E-state index is 0.281. The Bertz CT molecular complexity index is 668. The molecule has 0 radical (unpaired) electrons. The highest BCUT2D eigenvalue weighted by molar-refractivity contribution is 5.33. The van der Waals surface area contributed by atoms with E-state index in [1.807, 2.05) is 18.3 Å². The van der Waals surface area contributed by atoms with Crippen molar-refractivity contribution in [3.05, 3.63) is 41.3 Å². The van der Waals surface area contributed by atoms with Crippen LogP contribution in [0.1, 0.15) is 36.2 Å². The summed E-state index contributed by atoms with van der Waals surface area (Å²) in [6.07, 6.45) is 6.93. The number of hydrogen-bond acceptors (Lipinski definition) is 4. The van der Waals surface area contributed by atoms with Crippen LogP contribution in [-0.2, 0) is 18.4 Å². The van der Waals surface area contributed by atoms with Gasteiger partial charge in [-0.25, -0.2) is 4.98 Å². The Morgan fingerprint density at radius 2 is 2.32 bits per heavy atom. The smallest absolute Gasteiger partial charge is 0.213 e. The Morgan fingerprint density at radius 1 is 1.36 bits per heavy atom. The van der Waals surface area contributed by atoms with Gasteiger partial charge in [0.05, 0.1) is 19.0 Å². The Morgan fingerprint density at radius 3 is 3.23 bits per heavy atom. The first-order valence-electron chi connectivity index (χ1n) is 8.04. The summed E-state index contributed by atoms with van der Waals surface area (Å²) in [5, 5.41) is 7.52. The third-order valence-corrected chi connectivity index (χ3v) is 5.15. The number of aromatic amines is 1. The number of H-pyrrole nitrogens is 1. The third-order valence-electron chi connectivity index (χ3n) is 5.15. The van der Waals surface area contributed by atoms with Crippen molar-refractivity contribution in [1.82, 2.24) is 20.1 Å². The Hall–Kier alpha value is -1.88. The van der Waals surface area contributed by atoms with Gasteiger partial charge >= 0.3 is 0 Å². The fourth-order valence-corrected chi connectivity index (χ4v) is 4.12. The second-order valence-corrected chi connectivity index (χ2v) is 6.54. The minimum Gasteiger partial charge on any atom is -0.481 e. The fourth-order valence-electron chi connectivity index (χ4n) is 4.12. The van der Waals surface area contributed by atoms with Gasteiger partial charge in [-0.2, -0.15) is 5.10 Å². The van der Waals surface area contributed by atoms with Gasteiger partial charge < -0.3 is 4.74 Å². The van der Waals surface area contributed by atoms with Gasteiger partial charge in [0.1, 0.15) is 0 Å². The van der Waals surface area contributed by atoms with Crippen molar-refractivity contribution < 1.29 is 4.74 Å². The van der Waals surface area contributed by atoms with Crippen molar-refractivity contribution in [2.75, 3.05) is 20.2 Å². The fraction of sp³-hybridized carbons (Fsp3) is 0.529. The molecule has 3 heterocycles. The number of aromatic nitrogens is 3. The van der Waals surface area contributed by atoms with Crippen molar-refractivity contribution >= 4 is 0 Å². The van der Waals surface area contributed by atoms with Crippen LogP contribution in [0.25, 0.3) is 0 Å². The average Bonchev–Trinajstić information content (AvgIpc) is 3.13. The molecular weight excluding hydrogens is 276 g/mol. The van der Waals surface area contributed by atoms with Crippen molar-refractivity contribution in [2.24, 2.45) is 0 Å². The van der Waals surface area contributed by atoms with Crippen molar-refractivity contribution in [1.29, 1.82) is 0 Å². The Balaban J connectivity index is 1.52. The minimum atomic E-state index is 0.281. The van der Waals surface area contributed by atoms with E-state index in [1.165, 1.54) is 30.5 Å². The van der Waals surface area contributed by atoms with Crippen LogP contribution >= 0.6 is 0 Å². The monoisotopic (exact) mass is 298 g/mol. The number of methoxy groups -OCH3 is 1. The highest BCUT2D eigenvalue weighted by atomic mass is 16.5. The molecule has 22 heavy (non-hydrogen) atoms. The summed E-state index contributed by atoms with van der Waals surface area (Å²) < 4.78 is 5.23. The standard InChI is InChI=1S/C17H22N4O/c1-22-15-5-2-4-14(19-15)11-21-9-3-7-17(12-21)8-6-13-10-18-20-16(13)17/h2,4-5,10H,3,6-9,11-12H2,1H3,(H,18,20). The first-order chi connectivity index (χ1) is 10.8. The molecule has 4 rings (SSSR count). The maximum absolute atomic E-state index is 5.23. The van der Waals surface area contributed by atoms with E-state index in [9.17, 15) is 0 Å². The first-order valence-corrected chi connectivity index (χ1v) is 8.04. The van der Waals surface area contributed by atoms with E-state index < -0.39 is 0 Å². The predicted octanol–water partition coefficient (Wildman–Crippen LogP) is 2.29. The molecule has 1 atom stereocenters. The SMILES string of the molecule is COc1cccc(CN2CCCC3(CCc4cn[nH]c43)C2)n1. The molecule has 1 saturated heterocycles. The quantitative estimate of drug-likeness (QED) is 0.944. The number of rotatable bonds is 3. The van der Waals surface area contributed by atoms with Crippen LogP contribution < -0.4 is 4.74 Å². The van der Waals surface area contributed by atoms with E-state index in [-0.39, 0.29) is 5.41 Å². The van der Waals surface area contributed by atoms with Crippen LogP contribution in [0, 0.1) is 0 Å². The molecule has 0 amide bonds. The number of pyridine rings is 1. The van der Waals surface area contributed by atoms with Gasteiger partial charge in [-0.3, -0.25) is 10.00 Å². The number of fused-ring (bicyclic) bond motifs is 2. The van der Waals surface area contributed by atoms with Gasteiger partial charge in [-0.05, 0) is 43.9 Å². The molecule has 116 valence electrons. The molecule has 1 aliphatic heterocycles. The summed E-state index contributed by atoms with van der Waals surface area (Å²) in [5.74, 6) is 0.695. The summed E-state index contributed by atoms with van der Waals surface area (Å²) in [6, 6.07) is 6.00. The van der Waals surface area contributed by atoms with E-state index in [1.54, 1.807) is 7.11 Å². The number of nitrogens with zero attached hydrogens (tertiary/aromatic N) is 3. The predicted molar refractivity (Wildman–Crippen MR) is 83.9 cm³/mol. The second-order valence-electron chi connectivity index (χ2n) is 6.54. The number of aryl methyl sites for hydroxylation is 1. The number of likely N-dealkylation sites (tertiary alicyclic amines) is 1. The normalized spacial score (nSPS) is 24.6. The zero-order valence-electron chi connectivity index (χ0n) is 13.0. The number of ether oxygens (including phenoxy) is 1. The summed E-state index contributed by atoms with van der Waals surface area (Å²) >= 11 is 0. The first kappa shape index (κ1) is 13.8. The summed E-state index contributed by atoms with van der Waals surface area (Å²) in [4.78, 5) is 7.08. The number of nitrogens with one attached hydrogen (secondary N) is 1. The van der Waals surface area contributed by atoms with E-state index in [0.717, 1.165) is 31.7 Å². The molecule has 0 bridgehead atoms. The molecule has 0 aromatic carbocycles. The highest BCUT2D eigenvalue weighted by Gasteiger charge is 2.43. The van der Waals surface area contributed by atoms with Crippen LogP contribution in [0.3, 0.4) is 0 Å². The largest absolute Gasteiger partial charge is 0.481 e. The zero-order valence-corrected chi connectivity index (χ0v) is 13.0. The highest BCUT2D eigenvalue weighted by Crippen LogP contribution is 2.43. The maximum Gasteiger partial charge on any atom is 0.213 e. The van der Waals surface area contributed by atoms with Gasteiger partial charge in [0.15, 0.2) is 0 Å².